The Morgan fingerprint density at radius 1 is 1.50 bits per heavy atom. The zero-order valence-electron chi connectivity index (χ0n) is 8.49. The summed E-state index contributed by atoms with van der Waals surface area (Å²) in [6, 6.07) is 0. The van der Waals surface area contributed by atoms with Crippen LogP contribution in [0.1, 0.15) is 19.0 Å². The van der Waals surface area contributed by atoms with Crippen molar-refractivity contribution < 1.29 is 0 Å². The number of aromatic nitrogens is 2. The SMILES string of the molecule is CCCN(C)c1cnc(C(=N)N)cn1. The number of nitrogens with zero attached hydrogens (tertiary/aromatic N) is 3. The van der Waals surface area contributed by atoms with Crippen molar-refractivity contribution in [3.05, 3.63) is 18.1 Å². The molecule has 0 radical (unpaired) electrons. The molecule has 1 aromatic rings. The minimum Gasteiger partial charge on any atom is -0.382 e. The van der Waals surface area contributed by atoms with Gasteiger partial charge >= 0.3 is 0 Å². The number of nitrogens with one attached hydrogen (secondary N) is 1. The maximum Gasteiger partial charge on any atom is 0.146 e. The average molecular weight is 193 g/mol. The normalized spacial score (nSPS) is 9.86. The van der Waals surface area contributed by atoms with Gasteiger partial charge in [-0.25, -0.2) is 9.97 Å². The van der Waals surface area contributed by atoms with Crippen molar-refractivity contribution in [2.45, 2.75) is 13.3 Å². The van der Waals surface area contributed by atoms with Crippen LogP contribution >= 0.6 is 0 Å². The summed E-state index contributed by atoms with van der Waals surface area (Å²) in [4.78, 5) is 10.2. The van der Waals surface area contributed by atoms with E-state index in [0.29, 0.717) is 5.69 Å². The van der Waals surface area contributed by atoms with E-state index in [2.05, 4.69) is 16.9 Å². The molecule has 0 spiro atoms. The van der Waals surface area contributed by atoms with Gasteiger partial charge in [0.25, 0.3) is 0 Å². The maximum atomic E-state index is 7.16. The van der Waals surface area contributed by atoms with Crippen molar-refractivity contribution >= 4 is 11.7 Å². The molecule has 0 aromatic carbocycles. The average Bonchev–Trinajstić information content (AvgIpc) is 2.18. The van der Waals surface area contributed by atoms with E-state index < -0.39 is 0 Å². The molecule has 0 saturated carbocycles. The third-order valence-electron chi connectivity index (χ3n) is 1.86. The summed E-state index contributed by atoms with van der Waals surface area (Å²) in [5, 5.41) is 7.16. The van der Waals surface area contributed by atoms with Crippen LogP contribution in [0.25, 0.3) is 0 Å². The minimum absolute atomic E-state index is 0.0535. The summed E-state index contributed by atoms with van der Waals surface area (Å²) in [6.45, 7) is 3.04. The van der Waals surface area contributed by atoms with E-state index in [1.807, 2.05) is 11.9 Å². The van der Waals surface area contributed by atoms with Crippen LogP contribution < -0.4 is 10.6 Å². The van der Waals surface area contributed by atoms with Crippen LogP contribution in [-0.4, -0.2) is 29.4 Å². The molecule has 0 aliphatic rings. The largest absolute Gasteiger partial charge is 0.382 e. The quantitative estimate of drug-likeness (QED) is 0.542. The molecule has 14 heavy (non-hydrogen) atoms. The van der Waals surface area contributed by atoms with E-state index >= 15 is 0 Å². The van der Waals surface area contributed by atoms with Gasteiger partial charge in [0.1, 0.15) is 17.3 Å². The predicted molar refractivity (Wildman–Crippen MR) is 56.6 cm³/mol. The molecule has 1 rings (SSSR count). The number of nitrogens with two attached hydrogens (primary N) is 1. The lowest BCUT2D eigenvalue weighted by molar-refractivity contribution is 0.833. The molecule has 0 aliphatic heterocycles. The van der Waals surface area contributed by atoms with Crippen molar-refractivity contribution in [1.29, 1.82) is 5.41 Å². The van der Waals surface area contributed by atoms with Gasteiger partial charge in [-0.3, -0.25) is 5.41 Å². The van der Waals surface area contributed by atoms with E-state index in [9.17, 15) is 0 Å². The van der Waals surface area contributed by atoms with Crippen LogP contribution in [0, 0.1) is 5.41 Å². The minimum atomic E-state index is -0.0535. The first kappa shape index (κ1) is 10.4. The van der Waals surface area contributed by atoms with Crippen LogP contribution in [0.3, 0.4) is 0 Å². The molecule has 1 aromatic heterocycles. The first-order chi connectivity index (χ1) is 6.65. The Morgan fingerprint density at radius 3 is 2.64 bits per heavy atom. The van der Waals surface area contributed by atoms with Gasteiger partial charge in [0, 0.05) is 13.6 Å². The summed E-state index contributed by atoms with van der Waals surface area (Å²) in [5.74, 6) is 0.749. The van der Waals surface area contributed by atoms with Crippen LogP contribution in [0.5, 0.6) is 0 Å². The molecule has 76 valence electrons. The fraction of sp³-hybridized carbons (Fsp3) is 0.444. The molecule has 0 unspecified atom stereocenters. The van der Waals surface area contributed by atoms with Gasteiger partial charge in [0.2, 0.25) is 0 Å². The van der Waals surface area contributed by atoms with Gasteiger partial charge in [-0.05, 0) is 6.42 Å². The lowest BCUT2D eigenvalue weighted by Crippen LogP contribution is -2.20. The second-order valence-corrected chi connectivity index (χ2v) is 3.10. The Labute approximate surface area is 83.5 Å². The lowest BCUT2D eigenvalue weighted by atomic mass is 10.4. The second kappa shape index (κ2) is 4.55. The molecule has 5 heteroatoms. The number of anilines is 1. The van der Waals surface area contributed by atoms with Crippen LogP contribution in [-0.2, 0) is 0 Å². The third-order valence-corrected chi connectivity index (χ3v) is 1.86. The molecule has 1 heterocycles. The Hall–Kier alpha value is -1.65. The zero-order valence-corrected chi connectivity index (χ0v) is 8.49. The number of nitrogen functional groups attached to an aromatic ring is 1. The Balaban J connectivity index is 2.77. The van der Waals surface area contributed by atoms with Crippen molar-refractivity contribution in [3.8, 4) is 0 Å². The van der Waals surface area contributed by atoms with E-state index in [-0.39, 0.29) is 5.84 Å². The Kier molecular flexibility index (Phi) is 3.39. The topological polar surface area (TPSA) is 78.9 Å². The number of hydrogen-bond donors (Lipinski definition) is 2. The molecule has 0 fully saturated rings. The monoisotopic (exact) mass is 193 g/mol. The summed E-state index contributed by atoms with van der Waals surface area (Å²) >= 11 is 0. The fourth-order valence-corrected chi connectivity index (χ4v) is 1.11. The fourth-order valence-electron chi connectivity index (χ4n) is 1.11. The maximum absolute atomic E-state index is 7.16. The van der Waals surface area contributed by atoms with Crippen LogP contribution in [0.15, 0.2) is 12.4 Å². The summed E-state index contributed by atoms with van der Waals surface area (Å²) in [5.41, 5.74) is 5.68. The molecular weight excluding hydrogens is 178 g/mol. The van der Waals surface area contributed by atoms with Gasteiger partial charge in [-0.2, -0.15) is 0 Å². The molecular formula is C9H15N5. The van der Waals surface area contributed by atoms with Crippen LogP contribution in [0.4, 0.5) is 5.82 Å². The zero-order chi connectivity index (χ0) is 10.6. The highest BCUT2D eigenvalue weighted by Crippen LogP contribution is 2.06. The molecule has 0 atom stereocenters. The first-order valence-corrected chi connectivity index (χ1v) is 4.52. The highest BCUT2D eigenvalue weighted by molar-refractivity contribution is 5.92. The molecule has 0 aliphatic carbocycles. The molecule has 0 bridgehead atoms. The molecule has 5 nitrogen and oxygen atoms in total. The van der Waals surface area contributed by atoms with Gasteiger partial charge in [-0.1, -0.05) is 6.92 Å². The lowest BCUT2D eigenvalue weighted by Gasteiger charge is -2.16. The number of amidine groups is 1. The predicted octanol–water partition coefficient (Wildman–Crippen LogP) is 0.607. The van der Waals surface area contributed by atoms with E-state index in [1.165, 1.54) is 6.20 Å². The molecule has 0 saturated heterocycles. The van der Waals surface area contributed by atoms with E-state index in [1.54, 1.807) is 6.20 Å². The number of hydrogen-bond acceptors (Lipinski definition) is 4. The summed E-state index contributed by atoms with van der Waals surface area (Å²) in [7, 11) is 1.96. The Morgan fingerprint density at radius 2 is 2.21 bits per heavy atom. The van der Waals surface area contributed by atoms with E-state index in [4.69, 9.17) is 11.1 Å². The van der Waals surface area contributed by atoms with Gasteiger partial charge in [0.15, 0.2) is 0 Å². The second-order valence-electron chi connectivity index (χ2n) is 3.10. The standard InChI is InChI=1S/C9H15N5/c1-3-4-14(2)8-6-12-7(5-13-8)9(10)11/h5-6H,3-4H2,1-2H3,(H3,10,11). The smallest absolute Gasteiger partial charge is 0.146 e. The molecule has 0 amide bonds. The first-order valence-electron chi connectivity index (χ1n) is 4.52. The number of rotatable bonds is 4. The Bertz CT molecular complexity index is 305. The molecule has 3 N–H and O–H groups in total. The summed E-state index contributed by atoms with van der Waals surface area (Å²) in [6.07, 6.45) is 4.21. The summed E-state index contributed by atoms with van der Waals surface area (Å²) < 4.78 is 0. The third kappa shape index (κ3) is 2.42. The van der Waals surface area contributed by atoms with Crippen molar-refractivity contribution in [3.63, 3.8) is 0 Å². The highest BCUT2D eigenvalue weighted by atomic mass is 15.2. The van der Waals surface area contributed by atoms with Gasteiger partial charge in [-0.15, -0.1) is 0 Å². The van der Waals surface area contributed by atoms with Crippen molar-refractivity contribution in [2.24, 2.45) is 5.73 Å². The highest BCUT2D eigenvalue weighted by Gasteiger charge is 2.03. The van der Waals surface area contributed by atoms with Crippen molar-refractivity contribution in [2.75, 3.05) is 18.5 Å². The van der Waals surface area contributed by atoms with Crippen molar-refractivity contribution in [1.82, 2.24) is 9.97 Å². The van der Waals surface area contributed by atoms with E-state index in [0.717, 1.165) is 18.8 Å². The van der Waals surface area contributed by atoms with Crippen LogP contribution in [0.2, 0.25) is 0 Å². The van der Waals surface area contributed by atoms with Gasteiger partial charge in [0.05, 0.1) is 12.4 Å². The van der Waals surface area contributed by atoms with Gasteiger partial charge < -0.3 is 10.6 Å².